The largest absolute Gasteiger partial charge is 0.378 e. The van der Waals surface area contributed by atoms with E-state index in [1.54, 1.807) is 21.2 Å². The lowest BCUT2D eigenvalue weighted by Gasteiger charge is -2.39. The number of hydrogen-bond acceptors (Lipinski definition) is 5. The Morgan fingerprint density at radius 2 is 2.19 bits per heavy atom. The summed E-state index contributed by atoms with van der Waals surface area (Å²) in [7, 11) is 4.97. The molecule has 0 atom stereocenters. The Kier molecular flexibility index (Phi) is 4.56. The third-order valence-electron chi connectivity index (χ3n) is 3.76. The minimum absolute atomic E-state index is 0.0921. The van der Waals surface area contributed by atoms with Crippen LogP contribution < -0.4 is 5.32 Å². The number of methoxy groups -OCH3 is 1. The van der Waals surface area contributed by atoms with Crippen LogP contribution in [0.15, 0.2) is 6.33 Å². The van der Waals surface area contributed by atoms with Gasteiger partial charge in [-0.2, -0.15) is 0 Å². The predicted molar refractivity (Wildman–Crippen MR) is 75.6 cm³/mol. The quantitative estimate of drug-likeness (QED) is 0.813. The van der Waals surface area contributed by atoms with Crippen molar-refractivity contribution in [1.82, 2.24) is 19.7 Å². The molecule has 0 aliphatic heterocycles. The molecule has 8 nitrogen and oxygen atoms in total. The van der Waals surface area contributed by atoms with E-state index in [2.05, 4.69) is 15.4 Å². The summed E-state index contributed by atoms with van der Waals surface area (Å²) in [4.78, 5) is 29.0. The lowest BCUT2D eigenvalue weighted by Crippen LogP contribution is -2.42. The molecule has 1 aromatic rings. The predicted octanol–water partition coefficient (Wildman–Crippen LogP) is 0.264. The summed E-state index contributed by atoms with van der Waals surface area (Å²) in [5, 5.41) is 6.69. The molecule has 1 N–H and O–H groups in total. The van der Waals surface area contributed by atoms with Gasteiger partial charge in [0.2, 0.25) is 17.8 Å². The molecule has 2 amide bonds. The molecule has 1 aliphatic rings. The Morgan fingerprint density at radius 1 is 1.48 bits per heavy atom. The molecule has 0 bridgehead atoms. The highest BCUT2D eigenvalue weighted by atomic mass is 16.5. The summed E-state index contributed by atoms with van der Waals surface area (Å²) in [6, 6.07) is 0. The molecule has 2 rings (SSSR count). The Balaban J connectivity index is 1.87. The van der Waals surface area contributed by atoms with Crippen molar-refractivity contribution < 1.29 is 14.3 Å². The van der Waals surface area contributed by atoms with Crippen LogP contribution in [0.2, 0.25) is 0 Å². The first kappa shape index (κ1) is 15.4. The van der Waals surface area contributed by atoms with E-state index in [0.717, 1.165) is 19.3 Å². The van der Waals surface area contributed by atoms with Gasteiger partial charge in [0.05, 0.1) is 12.0 Å². The molecule has 1 saturated carbocycles. The number of nitrogens with zero attached hydrogens (tertiary/aromatic N) is 4. The second-order valence-corrected chi connectivity index (χ2v) is 5.52. The van der Waals surface area contributed by atoms with Gasteiger partial charge in [0.25, 0.3) is 0 Å². The number of likely N-dealkylation sites (N-methyl/N-ethyl adjacent to an activating group) is 1. The van der Waals surface area contributed by atoms with Crippen LogP contribution in [0.3, 0.4) is 0 Å². The molecule has 0 radical (unpaired) electrons. The number of ether oxygens (including phenoxy) is 1. The first-order valence-electron chi connectivity index (χ1n) is 6.89. The third kappa shape index (κ3) is 3.78. The van der Waals surface area contributed by atoms with Crippen LogP contribution in [-0.2, 0) is 20.9 Å². The minimum atomic E-state index is -0.326. The smallest absolute Gasteiger partial charge is 0.248 e. The fourth-order valence-electron chi connectivity index (χ4n) is 2.19. The van der Waals surface area contributed by atoms with Gasteiger partial charge in [-0.3, -0.25) is 14.9 Å². The summed E-state index contributed by atoms with van der Waals surface area (Å²) in [6.07, 6.45) is 4.61. The Bertz CT molecular complexity index is 516. The molecule has 21 heavy (non-hydrogen) atoms. The lowest BCUT2D eigenvalue weighted by molar-refractivity contribution is -0.130. The van der Waals surface area contributed by atoms with E-state index >= 15 is 0 Å². The fraction of sp³-hybridized carbons (Fsp3) is 0.692. The highest BCUT2D eigenvalue weighted by molar-refractivity contribution is 5.89. The van der Waals surface area contributed by atoms with Gasteiger partial charge in [0.15, 0.2) is 0 Å². The van der Waals surface area contributed by atoms with Crippen molar-refractivity contribution in [2.75, 3.05) is 26.5 Å². The topological polar surface area (TPSA) is 89.3 Å². The second kappa shape index (κ2) is 6.21. The summed E-state index contributed by atoms with van der Waals surface area (Å²) in [6.45, 7) is 0.0951. The lowest BCUT2D eigenvalue weighted by atomic mass is 9.77. The van der Waals surface area contributed by atoms with E-state index in [1.807, 2.05) is 0 Å². The van der Waals surface area contributed by atoms with Gasteiger partial charge in [0.1, 0.15) is 12.9 Å². The monoisotopic (exact) mass is 295 g/mol. The molecule has 1 fully saturated rings. The van der Waals surface area contributed by atoms with Crippen LogP contribution in [0.4, 0.5) is 5.95 Å². The van der Waals surface area contributed by atoms with Crippen LogP contribution in [-0.4, -0.2) is 58.3 Å². The molecule has 1 aliphatic carbocycles. The highest BCUT2D eigenvalue weighted by Gasteiger charge is 2.39. The zero-order valence-corrected chi connectivity index (χ0v) is 12.6. The van der Waals surface area contributed by atoms with Crippen LogP contribution in [0, 0.1) is 0 Å². The number of carbonyl (C=O) groups excluding carboxylic acids is 2. The molecule has 1 heterocycles. The van der Waals surface area contributed by atoms with Crippen molar-refractivity contribution in [2.24, 2.45) is 0 Å². The average molecular weight is 295 g/mol. The number of rotatable bonds is 6. The zero-order chi connectivity index (χ0) is 15.5. The molecular formula is C13H21N5O3. The zero-order valence-electron chi connectivity index (χ0n) is 12.6. The van der Waals surface area contributed by atoms with Gasteiger partial charge >= 0.3 is 0 Å². The third-order valence-corrected chi connectivity index (χ3v) is 3.76. The van der Waals surface area contributed by atoms with E-state index in [0.29, 0.717) is 6.42 Å². The van der Waals surface area contributed by atoms with Gasteiger partial charge in [-0.05, 0) is 19.3 Å². The highest BCUT2D eigenvalue weighted by Crippen LogP contribution is 2.38. The molecule has 0 spiro atoms. The fourth-order valence-corrected chi connectivity index (χ4v) is 2.19. The molecule has 0 saturated heterocycles. The van der Waals surface area contributed by atoms with E-state index in [-0.39, 0.29) is 29.9 Å². The molecule has 0 unspecified atom stereocenters. The number of nitrogens with one attached hydrogen (secondary N) is 1. The Morgan fingerprint density at radius 3 is 2.71 bits per heavy atom. The van der Waals surface area contributed by atoms with Crippen molar-refractivity contribution in [3.8, 4) is 0 Å². The minimum Gasteiger partial charge on any atom is -0.378 e. The van der Waals surface area contributed by atoms with Crippen LogP contribution in [0.5, 0.6) is 0 Å². The van der Waals surface area contributed by atoms with Crippen molar-refractivity contribution in [1.29, 1.82) is 0 Å². The summed E-state index contributed by atoms with van der Waals surface area (Å²) >= 11 is 0. The maximum atomic E-state index is 12.0. The molecule has 1 aromatic heterocycles. The van der Waals surface area contributed by atoms with Gasteiger partial charge in [-0.15, -0.1) is 5.10 Å². The summed E-state index contributed by atoms with van der Waals surface area (Å²) in [5.74, 6) is -0.0593. The van der Waals surface area contributed by atoms with Gasteiger partial charge < -0.3 is 9.64 Å². The number of hydrogen-bond donors (Lipinski definition) is 1. The number of anilines is 1. The number of amides is 2. The van der Waals surface area contributed by atoms with E-state index in [1.165, 1.54) is 15.9 Å². The Labute approximate surface area is 123 Å². The second-order valence-electron chi connectivity index (χ2n) is 5.52. The van der Waals surface area contributed by atoms with Crippen LogP contribution in [0.1, 0.15) is 25.7 Å². The van der Waals surface area contributed by atoms with Gasteiger partial charge in [-0.1, -0.05) is 0 Å². The van der Waals surface area contributed by atoms with Gasteiger partial charge in [0, 0.05) is 21.2 Å². The first-order valence-corrected chi connectivity index (χ1v) is 6.89. The normalized spacial score (nSPS) is 16.1. The average Bonchev–Trinajstić information content (AvgIpc) is 2.81. The molecule has 8 heteroatoms. The van der Waals surface area contributed by atoms with Crippen molar-refractivity contribution in [3.05, 3.63) is 6.33 Å². The van der Waals surface area contributed by atoms with E-state index < -0.39 is 0 Å². The molecular weight excluding hydrogens is 274 g/mol. The SMILES string of the molecule is COC1(CC(=O)Nc2ncn(CC(=O)N(C)C)n2)CCC1. The Hall–Kier alpha value is -1.96. The first-order chi connectivity index (χ1) is 9.94. The maximum absolute atomic E-state index is 12.0. The van der Waals surface area contributed by atoms with Crippen molar-refractivity contribution in [3.63, 3.8) is 0 Å². The van der Waals surface area contributed by atoms with E-state index in [9.17, 15) is 9.59 Å². The standard InChI is InChI=1S/C13H21N5O3/c1-17(2)11(20)8-18-9-14-12(16-18)15-10(19)7-13(21-3)5-4-6-13/h9H,4-8H2,1-3H3,(H,15,16,19). The van der Waals surface area contributed by atoms with Crippen molar-refractivity contribution in [2.45, 2.75) is 37.8 Å². The van der Waals surface area contributed by atoms with Crippen molar-refractivity contribution >= 4 is 17.8 Å². The summed E-state index contributed by atoms with van der Waals surface area (Å²) < 4.78 is 6.81. The van der Waals surface area contributed by atoms with Gasteiger partial charge in [-0.25, -0.2) is 9.67 Å². The van der Waals surface area contributed by atoms with Crippen LogP contribution in [0.25, 0.3) is 0 Å². The maximum Gasteiger partial charge on any atom is 0.248 e. The van der Waals surface area contributed by atoms with Crippen LogP contribution >= 0.6 is 0 Å². The summed E-state index contributed by atoms with van der Waals surface area (Å²) in [5.41, 5.74) is -0.326. The number of aromatic nitrogens is 3. The molecule has 0 aromatic carbocycles. The molecule has 116 valence electrons. The number of carbonyl (C=O) groups is 2. The van der Waals surface area contributed by atoms with E-state index in [4.69, 9.17) is 4.74 Å².